The van der Waals surface area contributed by atoms with Gasteiger partial charge in [-0.05, 0) is 61.9 Å². The number of hydrogen-bond acceptors (Lipinski definition) is 6. The molecule has 9 heteroatoms. The molecule has 0 aliphatic carbocycles. The van der Waals surface area contributed by atoms with Gasteiger partial charge in [0.05, 0.1) is 6.61 Å². The van der Waals surface area contributed by atoms with Gasteiger partial charge in [-0.2, -0.15) is 0 Å². The van der Waals surface area contributed by atoms with Crippen molar-refractivity contribution in [3.63, 3.8) is 0 Å². The second kappa shape index (κ2) is 12.2. The van der Waals surface area contributed by atoms with Crippen LogP contribution in [0.2, 0.25) is 5.02 Å². The Labute approximate surface area is 209 Å². The first kappa shape index (κ1) is 25.2. The summed E-state index contributed by atoms with van der Waals surface area (Å²) in [7, 11) is 0. The number of nitrogens with zero attached hydrogens (tertiary/aromatic N) is 3. The summed E-state index contributed by atoms with van der Waals surface area (Å²) in [6.07, 6.45) is 0.881. The van der Waals surface area contributed by atoms with Gasteiger partial charge < -0.3 is 19.5 Å². The van der Waals surface area contributed by atoms with Gasteiger partial charge in [-0.1, -0.05) is 22.8 Å². The van der Waals surface area contributed by atoms with Crippen LogP contribution in [-0.2, 0) is 16.1 Å². The Morgan fingerprint density at radius 3 is 2.69 bits per heavy atom. The average Bonchev–Trinajstić information content (AvgIpc) is 3.33. The fourth-order valence-electron chi connectivity index (χ4n) is 4.10. The van der Waals surface area contributed by atoms with Gasteiger partial charge >= 0.3 is 0 Å². The molecule has 0 saturated carbocycles. The van der Waals surface area contributed by atoms with Crippen molar-refractivity contribution in [3.05, 3.63) is 70.6 Å². The first-order chi connectivity index (χ1) is 17.0. The van der Waals surface area contributed by atoms with Crippen LogP contribution in [0.4, 0.5) is 10.1 Å². The predicted octanol–water partition coefficient (Wildman–Crippen LogP) is 4.29. The summed E-state index contributed by atoms with van der Waals surface area (Å²) in [5, 5.41) is 7.60. The number of benzene rings is 2. The van der Waals surface area contributed by atoms with Crippen LogP contribution < -0.4 is 10.2 Å². The molecule has 0 unspecified atom stereocenters. The maximum absolute atomic E-state index is 13.0. The van der Waals surface area contributed by atoms with Crippen LogP contribution in [0.25, 0.3) is 11.3 Å². The van der Waals surface area contributed by atoms with E-state index < -0.39 is 0 Å². The first-order valence-electron chi connectivity index (χ1n) is 11.8. The van der Waals surface area contributed by atoms with Crippen LogP contribution in [0.15, 0.2) is 53.1 Å². The summed E-state index contributed by atoms with van der Waals surface area (Å²) in [5.74, 6) is 0.0550. The number of ether oxygens (including phenoxy) is 1. The highest BCUT2D eigenvalue weighted by molar-refractivity contribution is 6.30. The summed E-state index contributed by atoms with van der Waals surface area (Å²) in [6, 6.07) is 13.7. The highest BCUT2D eigenvalue weighted by Crippen LogP contribution is 2.25. The zero-order valence-electron chi connectivity index (χ0n) is 19.8. The van der Waals surface area contributed by atoms with Crippen LogP contribution >= 0.6 is 11.6 Å². The van der Waals surface area contributed by atoms with Crippen LogP contribution in [0.1, 0.15) is 17.7 Å². The number of piperazine rings is 1. The fraction of sp³-hybridized carbons (Fsp3) is 0.385. The number of amides is 1. The summed E-state index contributed by atoms with van der Waals surface area (Å²) in [4.78, 5) is 16.9. The van der Waals surface area contributed by atoms with Gasteiger partial charge in [-0.25, -0.2) is 4.39 Å². The molecule has 4 rings (SSSR count). The Kier molecular flexibility index (Phi) is 8.74. The van der Waals surface area contributed by atoms with E-state index >= 15 is 0 Å². The third kappa shape index (κ3) is 7.27. The molecule has 0 radical (unpaired) electrons. The smallest absolute Gasteiger partial charge is 0.246 e. The van der Waals surface area contributed by atoms with Gasteiger partial charge in [0.15, 0.2) is 5.76 Å². The Bertz CT molecular complexity index is 1110. The number of aryl methyl sites for hydroxylation is 1. The van der Waals surface area contributed by atoms with E-state index in [0.717, 1.165) is 49.7 Å². The van der Waals surface area contributed by atoms with Gasteiger partial charge in [-0.15, -0.1) is 0 Å². The van der Waals surface area contributed by atoms with Crippen LogP contribution in [-0.4, -0.2) is 61.8 Å². The minimum atomic E-state index is -0.311. The number of carbonyl (C=O) groups is 1. The van der Waals surface area contributed by atoms with E-state index in [1.165, 1.54) is 23.4 Å². The molecule has 186 valence electrons. The number of halogens is 2. The van der Waals surface area contributed by atoms with Crippen LogP contribution in [0.5, 0.6) is 0 Å². The maximum atomic E-state index is 13.0. The van der Waals surface area contributed by atoms with E-state index in [-0.39, 0.29) is 24.9 Å². The highest BCUT2D eigenvalue weighted by atomic mass is 35.5. The molecule has 1 aliphatic heterocycles. The SMILES string of the molecule is Cc1ccc(Cl)cc1N1CCN(CCCNC(=O)COCc2cc(-c3ccc(F)cc3)on2)CC1. The fourth-order valence-corrected chi connectivity index (χ4v) is 4.26. The Morgan fingerprint density at radius 1 is 1.14 bits per heavy atom. The predicted molar refractivity (Wildman–Crippen MR) is 134 cm³/mol. The lowest BCUT2D eigenvalue weighted by Gasteiger charge is -2.37. The van der Waals surface area contributed by atoms with E-state index in [1.54, 1.807) is 18.2 Å². The molecule has 0 spiro atoms. The summed E-state index contributed by atoms with van der Waals surface area (Å²) in [6.45, 7) is 7.68. The van der Waals surface area contributed by atoms with Gasteiger partial charge in [-0.3, -0.25) is 9.69 Å². The second-order valence-corrected chi connectivity index (χ2v) is 9.08. The first-order valence-corrected chi connectivity index (χ1v) is 12.1. The van der Waals surface area contributed by atoms with E-state index in [0.29, 0.717) is 18.0 Å². The van der Waals surface area contributed by atoms with Crippen molar-refractivity contribution < 1.29 is 18.4 Å². The number of hydrogen-bond donors (Lipinski definition) is 1. The minimum Gasteiger partial charge on any atom is -0.369 e. The number of rotatable bonds is 10. The van der Waals surface area contributed by atoms with Gasteiger partial charge in [0, 0.05) is 55.1 Å². The zero-order valence-corrected chi connectivity index (χ0v) is 20.6. The molecule has 0 bridgehead atoms. The molecular formula is C26H30ClFN4O3. The van der Waals surface area contributed by atoms with E-state index in [9.17, 15) is 9.18 Å². The molecule has 2 heterocycles. The van der Waals surface area contributed by atoms with E-state index in [4.69, 9.17) is 20.9 Å². The van der Waals surface area contributed by atoms with E-state index in [1.807, 2.05) is 12.1 Å². The number of carbonyl (C=O) groups excluding carboxylic acids is 1. The third-order valence-electron chi connectivity index (χ3n) is 6.03. The third-order valence-corrected chi connectivity index (χ3v) is 6.26. The molecule has 7 nitrogen and oxygen atoms in total. The number of nitrogens with one attached hydrogen (secondary N) is 1. The quantitative estimate of drug-likeness (QED) is 0.419. The van der Waals surface area contributed by atoms with Crippen LogP contribution in [0, 0.1) is 12.7 Å². The topological polar surface area (TPSA) is 70.8 Å². The van der Waals surface area contributed by atoms with Gasteiger partial charge in [0.1, 0.15) is 18.1 Å². The molecule has 3 aromatic rings. The summed E-state index contributed by atoms with van der Waals surface area (Å²) < 4.78 is 23.7. The molecule has 2 aromatic carbocycles. The minimum absolute atomic E-state index is 0.0452. The lowest BCUT2D eigenvalue weighted by atomic mass is 10.1. The lowest BCUT2D eigenvalue weighted by molar-refractivity contribution is -0.126. The maximum Gasteiger partial charge on any atom is 0.246 e. The molecule has 1 N–H and O–H groups in total. The van der Waals surface area contributed by atoms with Crippen molar-refractivity contribution in [2.45, 2.75) is 20.0 Å². The van der Waals surface area contributed by atoms with E-state index in [2.05, 4.69) is 33.3 Å². The summed E-state index contributed by atoms with van der Waals surface area (Å²) in [5.41, 5.74) is 3.75. The standard InChI is InChI=1S/C26H30ClFN4O3/c1-19-3-6-21(27)15-24(19)32-13-11-31(12-14-32)10-2-9-29-26(33)18-34-17-23-16-25(35-30-23)20-4-7-22(28)8-5-20/h3-8,15-16H,2,9-14,17-18H2,1H3,(H,29,33). The molecule has 1 saturated heterocycles. The Balaban J connectivity index is 1.08. The highest BCUT2D eigenvalue weighted by Gasteiger charge is 2.18. The summed E-state index contributed by atoms with van der Waals surface area (Å²) >= 11 is 6.17. The number of aromatic nitrogens is 1. The molecule has 1 aromatic heterocycles. The molecule has 35 heavy (non-hydrogen) atoms. The van der Waals surface area contributed by atoms with Crippen molar-refractivity contribution in [2.24, 2.45) is 0 Å². The average molecular weight is 501 g/mol. The lowest BCUT2D eigenvalue weighted by Crippen LogP contribution is -2.47. The zero-order chi connectivity index (χ0) is 24.6. The van der Waals surface area contributed by atoms with Crippen molar-refractivity contribution in [3.8, 4) is 11.3 Å². The monoisotopic (exact) mass is 500 g/mol. The number of anilines is 1. The normalized spacial score (nSPS) is 14.3. The molecule has 1 aliphatic rings. The Morgan fingerprint density at radius 2 is 1.91 bits per heavy atom. The van der Waals surface area contributed by atoms with Crippen molar-refractivity contribution in [1.82, 2.24) is 15.4 Å². The Hall–Kier alpha value is -2.94. The van der Waals surface area contributed by atoms with Gasteiger partial charge in [0.2, 0.25) is 5.91 Å². The van der Waals surface area contributed by atoms with Gasteiger partial charge in [0.25, 0.3) is 0 Å². The molecule has 1 fully saturated rings. The molecule has 0 atom stereocenters. The second-order valence-electron chi connectivity index (χ2n) is 8.65. The van der Waals surface area contributed by atoms with Crippen molar-refractivity contribution >= 4 is 23.2 Å². The van der Waals surface area contributed by atoms with Crippen molar-refractivity contribution in [1.29, 1.82) is 0 Å². The van der Waals surface area contributed by atoms with Crippen molar-refractivity contribution in [2.75, 3.05) is 50.8 Å². The van der Waals surface area contributed by atoms with Crippen LogP contribution in [0.3, 0.4) is 0 Å². The molecular weight excluding hydrogens is 471 g/mol. The largest absolute Gasteiger partial charge is 0.369 e. The molecule has 1 amide bonds.